The Morgan fingerprint density at radius 3 is 2.62 bits per heavy atom. The van der Waals surface area contributed by atoms with Crippen LogP contribution in [-0.4, -0.2) is 11.1 Å². The maximum atomic E-state index is 12.3. The first-order valence-corrected chi connectivity index (χ1v) is 10.5. The van der Waals surface area contributed by atoms with E-state index in [-0.39, 0.29) is 5.91 Å². The summed E-state index contributed by atoms with van der Waals surface area (Å²) >= 11 is 25.5. The Kier molecular flexibility index (Phi) is 5.95. The van der Waals surface area contributed by atoms with Gasteiger partial charge in [0.15, 0.2) is 5.17 Å². The molecule has 4 rings (SSSR count). The molecule has 0 aliphatic carbocycles. The number of hydrogen-bond donors (Lipinski definition) is 1. The van der Waals surface area contributed by atoms with Gasteiger partial charge in [-0.2, -0.15) is 0 Å². The molecule has 1 fully saturated rings. The maximum absolute atomic E-state index is 12.3. The zero-order valence-corrected chi connectivity index (χ0v) is 18.2. The van der Waals surface area contributed by atoms with Gasteiger partial charge >= 0.3 is 0 Å². The van der Waals surface area contributed by atoms with Crippen LogP contribution in [0, 0.1) is 0 Å². The Hall–Kier alpha value is -1.89. The molecule has 1 saturated heterocycles. The smallest absolute Gasteiger partial charge is 0.264 e. The molecule has 2 aromatic carbocycles. The minimum Gasteiger partial charge on any atom is -0.457 e. The molecule has 9 heteroatoms. The highest BCUT2D eigenvalue weighted by Gasteiger charge is 2.25. The van der Waals surface area contributed by atoms with Crippen molar-refractivity contribution in [3.63, 3.8) is 0 Å². The molecule has 0 spiro atoms. The van der Waals surface area contributed by atoms with Crippen LogP contribution in [0.1, 0.15) is 5.76 Å². The number of nitrogens with zero attached hydrogens (tertiary/aromatic N) is 1. The quantitative estimate of drug-likeness (QED) is 0.393. The fraction of sp³-hybridized carbons (Fsp3) is 0. The zero-order chi connectivity index (χ0) is 20.5. The molecule has 29 heavy (non-hydrogen) atoms. The van der Waals surface area contributed by atoms with E-state index in [2.05, 4.69) is 10.3 Å². The second kappa shape index (κ2) is 8.46. The average molecular weight is 484 g/mol. The van der Waals surface area contributed by atoms with E-state index in [1.54, 1.807) is 54.6 Å². The number of amidine groups is 1. The van der Waals surface area contributed by atoms with Crippen LogP contribution in [-0.2, 0) is 4.79 Å². The summed E-state index contributed by atoms with van der Waals surface area (Å²) in [5, 5.41) is 4.83. The van der Waals surface area contributed by atoms with E-state index in [1.807, 2.05) is 0 Å². The van der Waals surface area contributed by atoms with Gasteiger partial charge in [0, 0.05) is 16.7 Å². The van der Waals surface area contributed by atoms with Gasteiger partial charge in [0.25, 0.3) is 5.91 Å². The van der Waals surface area contributed by atoms with Crippen LogP contribution in [0.2, 0.25) is 20.1 Å². The molecule has 3 aromatic rings. The van der Waals surface area contributed by atoms with Crippen LogP contribution in [0.5, 0.6) is 0 Å². The van der Waals surface area contributed by atoms with E-state index in [0.29, 0.717) is 52.9 Å². The largest absolute Gasteiger partial charge is 0.457 e. The molecule has 2 heterocycles. The SMILES string of the molecule is O=C1NC(=Nc2cccc(Cl)c2Cl)S/C1=C/c1ccc(-c2ccc(Cl)cc2Cl)o1. The molecular weight excluding hydrogens is 474 g/mol. The van der Waals surface area contributed by atoms with Crippen LogP contribution in [0.3, 0.4) is 0 Å². The van der Waals surface area contributed by atoms with Crippen molar-refractivity contribution in [1.82, 2.24) is 5.32 Å². The van der Waals surface area contributed by atoms with Gasteiger partial charge in [-0.1, -0.05) is 52.5 Å². The van der Waals surface area contributed by atoms with E-state index in [1.165, 1.54) is 11.8 Å². The van der Waals surface area contributed by atoms with Gasteiger partial charge in [0.05, 0.1) is 25.7 Å². The Labute approximate surface area is 190 Å². The molecule has 1 aliphatic rings. The Morgan fingerprint density at radius 2 is 1.83 bits per heavy atom. The number of rotatable bonds is 3. The maximum Gasteiger partial charge on any atom is 0.264 e. The average Bonchev–Trinajstić information content (AvgIpc) is 3.26. The number of carbonyl (C=O) groups excluding carboxylic acids is 1. The van der Waals surface area contributed by atoms with E-state index in [0.717, 1.165) is 0 Å². The fourth-order valence-corrected chi connectivity index (χ4v) is 4.22. The Bertz CT molecular complexity index is 1190. The van der Waals surface area contributed by atoms with Crippen LogP contribution in [0.15, 0.2) is 62.8 Å². The van der Waals surface area contributed by atoms with Gasteiger partial charge in [0.2, 0.25) is 0 Å². The summed E-state index contributed by atoms with van der Waals surface area (Å²) in [7, 11) is 0. The van der Waals surface area contributed by atoms with Crippen LogP contribution >= 0.6 is 58.2 Å². The first kappa shape index (κ1) is 20.4. The number of hydrogen-bond acceptors (Lipinski definition) is 4. The van der Waals surface area contributed by atoms with Gasteiger partial charge < -0.3 is 9.73 Å². The third-order valence-electron chi connectivity index (χ3n) is 3.90. The van der Waals surface area contributed by atoms with Crippen molar-refractivity contribution in [1.29, 1.82) is 0 Å². The molecule has 146 valence electrons. The third kappa shape index (κ3) is 4.49. The summed E-state index contributed by atoms with van der Waals surface area (Å²) in [4.78, 5) is 17.1. The number of thioether (sulfide) groups is 1. The standard InChI is InChI=1S/C20H10Cl4N2O2S/c21-10-4-6-12(14(23)8-10)16-7-5-11(28-16)9-17-19(27)26-20(29-17)25-15-3-1-2-13(22)18(15)24/h1-9H,(H,25,26,27)/b17-9+. The van der Waals surface area contributed by atoms with Crippen molar-refractivity contribution >= 4 is 81.0 Å². The summed E-state index contributed by atoms with van der Waals surface area (Å²) in [5.41, 5.74) is 1.18. The van der Waals surface area contributed by atoms with E-state index >= 15 is 0 Å². The molecule has 0 radical (unpaired) electrons. The highest BCUT2D eigenvalue weighted by atomic mass is 35.5. The van der Waals surface area contributed by atoms with E-state index in [9.17, 15) is 4.79 Å². The number of carbonyl (C=O) groups is 1. The van der Waals surface area contributed by atoms with Crippen molar-refractivity contribution < 1.29 is 9.21 Å². The number of benzene rings is 2. The molecule has 0 atom stereocenters. The van der Waals surface area contributed by atoms with Gasteiger partial charge in [-0.25, -0.2) is 4.99 Å². The molecular formula is C20H10Cl4N2O2S. The van der Waals surface area contributed by atoms with Crippen molar-refractivity contribution in [2.75, 3.05) is 0 Å². The molecule has 0 unspecified atom stereocenters. The number of aliphatic imine (C=N–C) groups is 1. The van der Waals surface area contributed by atoms with Crippen molar-refractivity contribution in [3.05, 3.63) is 79.3 Å². The minimum absolute atomic E-state index is 0.283. The molecule has 0 bridgehead atoms. The van der Waals surface area contributed by atoms with E-state index < -0.39 is 0 Å². The van der Waals surface area contributed by atoms with Gasteiger partial charge in [-0.3, -0.25) is 4.79 Å². The topological polar surface area (TPSA) is 54.6 Å². The van der Waals surface area contributed by atoms with Gasteiger partial charge in [0.1, 0.15) is 11.5 Å². The zero-order valence-electron chi connectivity index (χ0n) is 14.4. The highest BCUT2D eigenvalue weighted by Crippen LogP contribution is 2.36. The second-order valence-electron chi connectivity index (χ2n) is 5.88. The lowest BCUT2D eigenvalue weighted by atomic mass is 10.2. The molecule has 1 amide bonds. The molecule has 1 aromatic heterocycles. The molecule has 1 N–H and O–H groups in total. The Morgan fingerprint density at radius 1 is 1.00 bits per heavy atom. The first-order valence-electron chi connectivity index (χ1n) is 8.19. The lowest BCUT2D eigenvalue weighted by Crippen LogP contribution is -2.19. The second-order valence-corrected chi connectivity index (χ2v) is 8.54. The normalized spacial score (nSPS) is 16.6. The van der Waals surface area contributed by atoms with Crippen molar-refractivity contribution in [2.45, 2.75) is 0 Å². The van der Waals surface area contributed by atoms with E-state index in [4.69, 9.17) is 50.8 Å². The molecule has 1 aliphatic heterocycles. The van der Waals surface area contributed by atoms with Crippen LogP contribution < -0.4 is 5.32 Å². The Balaban J connectivity index is 1.58. The van der Waals surface area contributed by atoms with Gasteiger partial charge in [-0.15, -0.1) is 0 Å². The lowest BCUT2D eigenvalue weighted by molar-refractivity contribution is -0.115. The third-order valence-corrected chi connectivity index (χ3v) is 6.17. The summed E-state index contributed by atoms with van der Waals surface area (Å²) in [6.07, 6.45) is 1.63. The number of nitrogens with one attached hydrogen (secondary N) is 1. The van der Waals surface area contributed by atoms with Gasteiger partial charge in [-0.05, 0) is 54.2 Å². The monoisotopic (exact) mass is 482 g/mol. The number of amides is 1. The predicted octanol–water partition coefficient (Wildman–Crippen LogP) is 7.45. The van der Waals surface area contributed by atoms with Crippen LogP contribution in [0.4, 0.5) is 5.69 Å². The van der Waals surface area contributed by atoms with Crippen molar-refractivity contribution in [2.24, 2.45) is 4.99 Å². The summed E-state index contributed by atoms with van der Waals surface area (Å²) in [6.45, 7) is 0. The minimum atomic E-state index is -0.283. The fourth-order valence-electron chi connectivity index (χ4n) is 2.56. The number of furan rings is 1. The number of halogens is 4. The molecule has 0 saturated carbocycles. The van der Waals surface area contributed by atoms with Crippen molar-refractivity contribution in [3.8, 4) is 11.3 Å². The highest BCUT2D eigenvalue weighted by molar-refractivity contribution is 8.18. The lowest BCUT2D eigenvalue weighted by Gasteiger charge is -2.01. The summed E-state index contributed by atoms with van der Waals surface area (Å²) in [6, 6.07) is 13.8. The van der Waals surface area contributed by atoms with Crippen LogP contribution in [0.25, 0.3) is 17.4 Å². The summed E-state index contributed by atoms with van der Waals surface area (Å²) in [5.74, 6) is 0.793. The first-order chi connectivity index (χ1) is 13.9. The summed E-state index contributed by atoms with van der Waals surface area (Å²) < 4.78 is 5.81. The molecule has 4 nitrogen and oxygen atoms in total. The predicted molar refractivity (Wildman–Crippen MR) is 121 cm³/mol.